The molecule has 2 aromatic rings. The molecule has 0 saturated heterocycles. The molecule has 1 aliphatic rings. The lowest BCUT2D eigenvalue weighted by atomic mass is 9.79. The van der Waals surface area contributed by atoms with Gasteiger partial charge in [-0.1, -0.05) is 37.1 Å². The zero-order valence-electron chi connectivity index (χ0n) is 16.4. The summed E-state index contributed by atoms with van der Waals surface area (Å²) in [6.07, 6.45) is 2.61. The molecule has 1 fully saturated rings. The van der Waals surface area contributed by atoms with Crippen molar-refractivity contribution in [2.45, 2.75) is 50.5 Å². The van der Waals surface area contributed by atoms with Crippen molar-refractivity contribution in [3.8, 4) is 0 Å². The van der Waals surface area contributed by atoms with Gasteiger partial charge in [-0.3, -0.25) is 9.59 Å². The fourth-order valence-corrected chi connectivity index (χ4v) is 3.81. The Labute approximate surface area is 169 Å². The highest BCUT2D eigenvalue weighted by Gasteiger charge is 2.45. The molecule has 2 aromatic carbocycles. The summed E-state index contributed by atoms with van der Waals surface area (Å²) in [4.78, 5) is 25.3. The van der Waals surface area contributed by atoms with Gasteiger partial charge >= 0.3 is 5.97 Å². The maximum atomic E-state index is 13.3. The number of carbonyl (C=O) groups is 2. The van der Waals surface area contributed by atoms with Crippen molar-refractivity contribution < 1.29 is 23.1 Å². The molecule has 1 atom stereocenters. The number of carbonyl (C=O) groups excluding carboxylic acids is 2. The van der Waals surface area contributed by atoms with E-state index in [0.29, 0.717) is 25.8 Å². The molecule has 0 aliphatic heterocycles. The minimum Gasteiger partial charge on any atom is -0.452 e. The maximum absolute atomic E-state index is 13.3. The van der Waals surface area contributed by atoms with Gasteiger partial charge in [-0.2, -0.15) is 0 Å². The SMILES string of the molecule is C[C@@H](OC(=O)C1(c2ccc(F)cc2)CCCC1)C(=O)NCCc1ccc(F)cc1. The lowest BCUT2D eigenvalue weighted by Crippen LogP contribution is -2.42. The molecule has 4 nitrogen and oxygen atoms in total. The van der Waals surface area contributed by atoms with Crippen LogP contribution < -0.4 is 5.32 Å². The van der Waals surface area contributed by atoms with Crippen LogP contribution in [0.1, 0.15) is 43.7 Å². The molecule has 0 unspecified atom stereocenters. The lowest BCUT2D eigenvalue weighted by molar-refractivity contribution is -0.160. The Hall–Kier alpha value is -2.76. The first-order chi connectivity index (χ1) is 13.9. The van der Waals surface area contributed by atoms with Crippen LogP contribution in [0, 0.1) is 11.6 Å². The molecular weight excluding hydrogens is 376 g/mol. The van der Waals surface area contributed by atoms with Gasteiger partial charge < -0.3 is 10.1 Å². The third-order valence-electron chi connectivity index (χ3n) is 5.52. The topological polar surface area (TPSA) is 55.4 Å². The van der Waals surface area contributed by atoms with Gasteiger partial charge in [0.15, 0.2) is 6.10 Å². The monoisotopic (exact) mass is 401 g/mol. The largest absolute Gasteiger partial charge is 0.452 e. The summed E-state index contributed by atoms with van der Waals surface area (Å²) in [5, 5.41) is 2.74. The van der Waals surface area contributed by atoms with Crippen molar-refractivity contribution in [1.82, 2.24) is 5.32 Å². The number of hydrogen-bond acceptors (Lipinski definition) is 3. The summed E-state index contributed by atoms with van der Waals surface area (Å²) in [7, 11) is 0. The number of nitrogens with one attached hydrogen (secondary N) is 1. The molecular formula is C23H25F2NO3. The average Bonchev–Trinajstić information content (AvgIpc) is 3.21. The van der Waals surface area contributed by atoms with E-state index in [4.69, 9.17) is 4.74 Å². The molecule has 1 amide bonds. The Morgan fingerprint density at radius 3 is 2.14 bits per heavy atom. The Balaban J connectivity index is 1.57. The summed E-state index contributed by atoms with van der Waals surface area (Å²) in [5.41, 5.74) is 0.805. The van der Waals surface area contributed by atoms with Gasteiger partial charge in [0.1, 0.15) is 11.6 Å². The molecule has 154 valence electrons. The number of esters is 1. The molecule has 0 heterocycles. The van der Waals surface area contributed by atoms with E-state index in [-0.39, 0.29) is 17.5 Å². The van der Waals surface area contributed by atoms with Gasteiger partial charge in [-0.05, 0) is 61.6 Å². The van der Waals surface area contributed by atoms with E-state index in [2.05, 4.69) is 5.32 Å². The average molecular weight is 401 g/mol. The Morgan fingerprint density at radius 2 is 1.55 bits per heavy atom. The van der Waals surface area contributed by atoms with Crippen molar-refractivity contribution in [3.05, 3.63) is 71.3 Å². The second kappa shape index (κ2) is 9.16. The number of ether oxygens (including phenoxy) is 1. The van der Waals surface area contributed by atoms with E-state index in [0.717, 1.165) is 24.0 Å². The first-order valence-corrected chi connectivity index (χ1v) is 9.90. The molecule has 6 heteroatoms. The predicted molar refractivity (Wildman–Crippen MR) is 105 cm³/mol. The zero-order chi connectivity index (χ0) is 20.9. The second-order valence-corrected chi connectivity index (χ2v) is 7.51. The molecule has 0 spiro atoms. The number of rotatable bonds is 7. The quantitative estimate of drug-likeness (QED) is 0.712. The van der Waals surface area contributed by atoms with E-state index in [1.54, 1.807) is 31.2 Å². The van der Waals surface area contributed by atoms with Crippen LogP contribution in [-0.4, -0.2) is 24.5 Å². The van der Waals surface area contributed by atoms with E-state index < -0.39 is 17.5 Å². The number of benzene rings is 2. The fourth-order valence-electron chi connectivity index (χ4n) is 3.81. The van der Waals surface area contributed by atoms with Gasteiger partial charge in [-0.25, -0.2) is 8.78 Å². The van der Waals surface area contributed by atoms with E-state index in [1.807, 2.05) is 0 Å². The maximum Gasteiger partial charge on any atom is 0.317 e. The van der Waals surface area contributed by atoms with Gasteiger partial charge in [0.2, 0.25) is 0 Å². The van der Waals surface area contributed by atoms with Gasteiger partial charge in [-0.15, -0.1) is 0 Å². The van der Waals surface area contributed by atoms with Crippen LogP contribution in [0.3, 0.4) is 0 Å². The van der Waals surface area contributed by atoms with Crippen LogP contribution in [0.4, 0.5) is 8.78 Å². The van der Waals surface area contributed by atoms with Crippen LogP contribution >= 0.6 is 0 Å². The summed E-state index contributed by atoms with van der Waals surface area (Å²) in [6.45, 7) is 1.90. The Bertz CT molecular complexity index is 843. The summed E-state index contributed by atoms with van der Waals surface area (Å²) in [6, 6.07) is 12.0. The molecule has 0 bridgehead atoms. The number of hydrogen-bond donors (Lipinski definition) is 1. The first-order valence-electron chi connectivity index (χ1n) is 9.90. The summed E-state index contributed by atoms with van der Waals surface area (Å²) < 4.78 is 31.7. The molecule has 3 rings (SSSR count). The molecule has 1 aliphatic carbocycles. The van der Waals surface area contributed by atoms with Crippen LogP contribution in [0.5, 0.6) is 0 Å². The molecule has 1 saturated carbocycles. The van der Waals surface area contributed by atoms with Crippen LogP contribution in [0.2, 0.25) is 0 Å². The lowest BCUT2D eigenvalue weighted by Gasteiger charge is -2.28. The predicted octanol–water partition coefficient (Wildman–Crippen LogP) is 4.07. The molecule has 0 aromatic heterocycles. The van der Waals surface area contributed by atoms with Crippen molar-refractivity contribution in [2.75, 3.05) is 6.54 Å². The Kier molecular flexibility index (Phi) is 6.62. The summed E-state index contributed by atoms with van der Waals surface area (Å²) >= 11 is 0. The van der Waals surface area contributed by atoms with E-state index in [1.165, 1.54) is 24.3 Å². The normalized spacial score (nSPS) is 16.2. The van der Waals surface area contributed by atoms with Crippen molar-refractivity contribution in [1.29, 1.82) is 0 Å². The van der Waals surface area contributed by atoms with Crippen molar-refractivity contribution in [2.24, 2.45) is 0 Å². The third kappa shape index (κ3) is 5.00. The number of halogens is 2. The molecule has 0 radical (unpaired) electrons. The van der Waals surface area contributed by atoms with Gasteiger partial charge in [0, 0.05) is 6.54 Å². The minimum absolute atomic E-state index is 0.305. The smallest absolute Gasteiger partial charge is 0.317 e. The Morgan fingerprint density at radius 1 is 1.00 bits per heavy atom. The molecule has 29 heavy (non-hydrogen) atoms. The van der Waals surface area contributed by atoms with Gasteiger partial charge in [0.25, 0.3) is 5.91 Å². The highest BCUT2D eigenvalue weighted by atomic mass is 19.1. The first kappa shape index (κ1) is 21.0. The third-order valence-corrected chi connectivity index (χ3v) is 5.52. The number of amides is 1. The fraction of sp³-hybridized carbons (Fsp3) is 0.391. The highest BCUT2D eigenvalue weighted by molar-refractivity contribution is 5.88. The van der Waals surface area contributed by atoms with Gasteiger partial charge in [0.05, 0.1) is 5.41 Å². The van der Waals surface area contributed by atoms with Crippen LogP contribution in [0.25, 0.3) is 0 Å². The van der Waals surface area contributed by atoms with Crippen LogP contribution in [-0.2, 0) is 26.2 Å². The van der Waals surface area contributed by atoms with Crippen molar-refractivity contribution in [3.63, 3.8) is 0 Å². The summed E-state index contributed by atoms with van der Waals surface area (Å²) in [5.74, 6) is -1.49. The standard InChI is InChI=1S/C23H25F2NO3/c1-16(21(27)26-15-12-17-4-8-19(24)9-5-17)29-22(28)23(13-2-3-14-23)18-6-10-20(25)11-7-18/h4-11,16H,2-3,12-15H2,1H3,(H,26,27)/t16-/m1/s1. The molecule has 1 N–H and O–H groups in total. The minimum atomic E-state index is -0.936. The zero-order valence-corrected chi connectivity index (χ0v) is 16.4. The second-order valence-electron chi connectivity index (χ2n) is 7.51. The van der Waals surface area contributed by atoms with Crippen LogP contribution in [0.15, 0.2) is 48.5 Å². The highest BCUT2D eigenvalue weighted by Crippen LogP contribution is 2.42. The van der Waals surface area contributed by atoms with E-state index in [9.17, 15) is 18.4 Å². The van der Waals surface area contributed by atoms with E-state index >= 15 is 0 Å². The van der Waals surface area contributed by atoms with Crippen molar-refractivity contribution >= 4 is 11.9 Å².